The molecule has 0 bridgehead atoms. The van der Waals surface area contributed by atoms with Crippen molar-refractivity contribution >= 4 is 33.5 Å². The van der Waals surface area contributed by atoms with Crippen molar-refractivity contribution in [2.45, 2.75) is 28.7 Å². The van der Waals surface area contributed by atoms with E-state index in [1.54, 1.807) is 24.3 Å². The fraction of sp³-hybridized carbons (Fsp3) is 0.263. The third-order valence-electron chi connectivity index (χ3n) is 4.63. The standard InChI is InChI=1S/C19H18FN3O3S2/c20-14-6-3-5-12-15(9-11-27-18(12)14)22-17(24)8-10-21-19-13-4-1-2-7-16(13)28(25,26)23-19/h1-7,15H,8-11H2,(H,21,23)(H,22,24). The molecule has 0 spiro atoms. The number of sulfonamides is 1. The van der Waals surface area contributed by atoms with Gasteiger partial charge in [-0.05, 0) is 30.2 Å². The third-order valence-corrected chi connectivity index (χ3v) is 7.19. The number of nitrogens with one attached hydrogen (secondary N) is 2. The molecule has 2 aliphatic rings. The van der Waals surface area contributed by atoms with Crippen LogP contribution >= 0.6 is 11.8 Å². The quantitative estimate of drug-likeness (QED) is 0.798. The van der Waals surface area contributed by atoms with Gasteiger partial charge in [-0.2, -0.15) is 0 Å². The van der Waals surface area contributed by atoms with Crippen molar-refractivity contribution in [3.63, 3.8) is 0 Å². The Kier molecular flexibility index (Phi) is 5.11. The topological polar surface area (TPSA) is 87.6 Å². The normalized spacial score (nSPS) is 20.9. The molecule has 0 aromatic heterocycles. The van der Waals surface area contributed by atoms with E-state index < -0.39 is 10.0 Å². The van der Waals surface area contributed by atoms with E-state index in [4.69, 9.17) is 0 Å². The zero-order valence-corrected chi connectivity index (χ0v) is 16.4. The van der Waals surface area contributed by atoms with Gasteiger partial charge in [-0.25, -0.2) is 12.8 Å². The largest absolute Gasteiger partial charge is 0.349 e. The molecule has 4 rings (SSSR count). The number of rotatable bonds is 4. The van der Waals surface area contributed by atoms with Gasteiger partial charge in [0.25, 0.3) is 10.0 Å². The first kappa shape index (κ1) is 18.9. The third kappa shape index (κ3) is 3.64. The van der Waals surface area contributed by atoms with Crippen molar-refractivity contribution in [3.8, 4) is 0 Å². The van der Waals surface area contributed by atoms with Gasteiger partial charge in [-0.1, -0.05) is 24.3 Å². The molecule has 0 aliphatic carbocycles. The van der Waals surface area contributed by atoms with Gasteiger partial charge in [-0.3, -0.25) is 14.5 Å². The van der Waals surface area contributed by atoms with Crippen LogP contribution in [0.3, 0.4) is 0 Å². The van der Waals surface area contributed by atoms with Crippen molar-refractivity contribution < 1.29 is 17.6 Å². The van der Waals surface area contributed by atoms with Crippen LogP contribution in [-0.4, -0.2) is 32.5 Å². The van der Waals surface area contributed by atoms with Gasteiger partial charge in [-0.15, -0.1) is 11.8 Å². The number of nitrogens with zero attached hydrogens (tertiary/aromatic N) is 1. The maximum Gasteiger partial charge on any atom is 0.263 e. The van der Waals surface area contributed by atoms with E-state index in [0.29, 0.717) is 10.5 Å². The summed E-state index contributed by atoms with van der Waals surface area (Å²) in [5.74, 6) is 0.523. The van der Waals surface area contributed by atoms with Crippen molar-refractivity contribution in [3.05, 3.63) is 59.4 Å². The molecule has 0 radical (unpaired) electrons. The summed E-state index contributed by atoms with van der Waals surface area (Å²) in [5.41, 5.74) is 1.31. The van der Waals surface area contributed by atoms with Crippen molar-refractivity contribution in [1.82, 2.24) is 10.0 Å². The number of hydrogen-bond donors (Lipinski definition) is 2. The van der Waals surface area contributed by atoms with Crippen LogP contribution in [0.5, 0.6) is 0 Å². The number of benzene rings is 2. The first-order valence-corrected chi connectivity index (χ1v) is 11.3. The number of halogens is 1. The van der Waals surface area contributed by atoms with E-state index >= 15 is 0 Å². The predicted molar refractivity (Wildman–Crippen MR) is 105 cm³/mol. The van der Waals surface area contributed by atoms with Crippen molar-refractivity contribution in [2.75, 3.05) is 12.3 Å². The van der Waals surface area contributed by atoms with Crippen LogP contribution in [0.15, 0.2) is 57.2 Å². The van der Waals surface area contributed by atoms with Gasteiger partial charge in [0, 0.05) is 22.6 Å². The number of carbonyl (C=O) groups is 1. The maximum absolute atomic E-state index is 13.9. The van der Waals surface area contributed by atoms with Crippen LogP contribution < -0.4 is 10.0 Å². The second kappa shape index (κ2) is 7.56. The molecule has 146 valence electrons. The molecule has 2 N–H and O–H groups in total. The molecular weight excluding hydrogens is 401 g/mol. The number of amides is 1. The molecule has 9 heteroatoms. The molecule has 2 aromatic carbocycles. The Hall–Kier alpha value is -2.39. The van der Waals surface area contributed by atoms with Gasteiger partial charge in [0.1, 0.15) is 11.7 Å². The molecule has 0 saturated heterocycles. The first-order chi connectivity index (χ1) is 13.5. The van der Waals surface area contributed by atoms with Crippen LogP contribution in [0.1, 0.15) is 30.0 Å². The highest BCUT2D eigenvalue weighted by atomic mass is 32.2. The summed E-state index contributed by atoms with van der Waals surface area (Å²) in [7, 11) is -3.58. The average molecular weight is 420 g/mol. The number of amidine groups is 1. The molecule has 0 fully saturated rings. The molecule has 1 atom stereocenters. The van der Waals surface area contributed by atoms with Gasteiger partial charge in [0.2, 0.25) is 5.91 Å². The monoisotopic (exact) mass is 419 g/mol. The SMILES string of the molecule is O=C(CCN=C1NS(=O)(=O)c2ccccc21)NC1CCSc2c(F)cccc21. The van der Waals surface area contributed by atoms with Crippen molar-refractivity contribution in [1.29, 1.82) is 0 Å². The van der Waals surface area contributed by atoms with Gasteiger partial charge >= 0.3 is 0 Å². The molecular formula is C19H18FN3O3S2. The highest BCUT2D eigenvalue weighted by Gasteiger charge is 2.30. The van der Waals surface area contributed by atoms with Crippen LogP contribution in [0.2, 0.25) is 0 Å². The average Bonchev–Trinajstić information content (AvgIpc) is 2.93. The molecule has 2 aromatic rings. The molecule has 2 aliphatic heterocycles. The minimum absolute atomic E-state index is 0.113. The lowest BCUT2D eigenvalue weighted by atomic mass is 10.0. The minimum Gasteiger partial charge on any atom is -0.349 e. The first-order valence-electron chi connectivity index (χ1n) is 8.83. The number of aliphatic imine (C=N–C) groups is 1. The lowest BCUT2D eigenvalue weighted by Gasteiger charge is -2.26. The Morgan fingerprint density at radius 2 is 2.07 bits per heavy atom. The highest BCUT2D eigenvalue weighted by molar-refractivity contribution is 7.99. The molecule has 2 heterocycles. The lowest BCUT2D eigenvalue weighted by Crippen LogP contribution is -2.31. The molecule has 1 unspecified atom stereocenters. The summed E-state index contributed by atoms with van der Waals surface area (Å²) in [6, 6.07) is 11.3. The summed E-state index contributed by atoms with van der Waals surface area (Å²) in [5, 5.41) is 2.94. The van der Waals surface area contributed by atoms with E-state index in [0.717, 1.165) is 17.7 Å². The summed E-state index contributed by atoms with van der Waals surface area (Å²) in [6.45, 7) is 0.148. The second-order valence-electron chi connectivity index (χ2n) is 6.50. The van der Waals surface area contributed by atoms with Gasteiger partial charge in [0.05, 0.1) is 17.5 Å². The Bertz CT molecular complexity index is 1070. The molecule has 1 amide bonds. The zero-order valence-electron chi connectivity index (χ0n) is 14.8. The van der Waals surface area contributed by atoms with E-state index in [-0.39, 0.29) is 41.5 Å². The fourth-order valence-electron chi connectivity index (χ4n) is 3.32. The zero-order chi connectivity index (χ0) is 19.7. The summed E-state index contributed by atoms with van der Waals surface area (Å²) >= 11 is 1.46. The van der Waals surface area contributed by atoms with Gasteiger partial charge in [0.15, 0.2) is 0 Å². The molecule has 28 heavy (non-hydrogen) atoms. The summed E-state index contributed by atoms with van der Waals surface area (Å²) in [4.78, 5) is 17.4. The maximum atomic E-state index is 13.9. The van der Waals surface area contributed by atoms with Crippen LogP contribution in [-0.2, 0) is 14.8 Å². The van der Waals surface area contributed by atoms with Crippen LogP contribution in [0.25, 0.3) is 0 Å². The summed E-state index contributed by atoms with van der Waals surface area (Å²) < 4.78 is 40.5. The Morgan fingerprint density at radius 3 is 2.93 bits per heavy atom. The number of carbonyl (C=O) groups excluding carboxylic acids is 1. The molecule has 0 saturated carbocycles. The minimum atomic E-state index is -3.58. The van der Waals surface area contributed by atoms with Gasteiger partial charge < -0.3 is 5.32 Å². The van der Waals surface area contributed by atoms with E-state index in [9.17, 15) is 17.6 Å². The number of hydrogen-bond acceptors (Lipinski definition) is 5. The Morgan fingerprint density at radius 1 is 1.25 bits per heavy atom. The highest BCUT2D eigenvalue weighted by Crippen LogP contribution is 2.37. The van der Waals surface area contributed by atoms with Crippen LogP contribution in [0, 0.1) is 5.82 Å². The van der Waals surface area contributed by atoms with Crippen LogP contribution in [0.4, 0.5) is 4.39 Å². The van der Waals surface area contributed by atoms with E-state index in [1.807, 2.05) is 6.07 Å². The van der Waals surface area contributed by atoms with E-state index in [1.165, 1.54) is 23.9 Å². The summed E-state index contributed by atoms with van der Waals surface area (Å²) in [6.07, 6.45) is 0.843. The second-order valence-corrected chi connectivity index (χ2v) is 9.25. The van der Waals surface area contributed by atoms with E-state index in [2.05, 4.69) is 15.0 Å². The molecule has 6 nitrogen and oxygen atoms in total. The lowest BCUT2D eigenvalue weighted by molar-refractivity contribution is -0.121. The Balaban J connectivity index is 1.41. The fourth-order valence-corrected chi connectivity index (χ4v) is 5.72. The van der Waals surface area contributed by atoms with Crippen molar-refractivity contribution in [2.24, 2.45) is 4.99 Å². The Labute approximate surface area is 166 Å². The predicted octanol–water partition coefficient (Wildman–Crippen LogP) is 2.61. The number of fused-ring (bicyclic) bond motifs is 2. The smallest absolute Gasteiger partial charge is 0.263 e. The number of thioether (sulfide) groups is 1.